The van der Waals surface area contributed by atoms with Gasteiger partial charge in [-0.2, -0.15) is 0 Å². The smallest absolute Gasteiger partial charge is 0.317 e. The number of nitrogens with zero attached hydrogens (tertiary/aromatic N) is 1. The van der Waals surface area contributed by atoms with E-state index in [9.17, 15) is 9.59 Å². The molecule has 2 heterocycles. The van der Waals surface area contributed by atoms with Crippen LogP contribution >= 0.6 is 0 Å². The first-order chi connectivity index (χ1) is 8.72. The van der Waals surface area contributed by atoms with E-state index >= 15 is 0 Å². The molecule has 18 heavy (non-hydrogen) atoms. The van der Waals surface area contributed by atoms with Crippen LogP contribution in [-0.2, 0) is 11.3 Å². The molecule has 2 N–H and O–H groups in total. The SMILES string of the molecule is CNC(=O)N1CCCC1C(=O)NCc1ccco1. The van der Waals surface area contributed by atoms with Crippen LogP contribution in [0.4, 0.5) is 4.79 Å². The Balaban J connectivity index is 1.89. The molecule has 2 rings (SSSR count). The summed E-state index contributed by atoms with van der Waals surface area (Å²) in [6.07, 6.45) is 3.12. The van der Waals surface area contributed by atoms with E-state index in [0.29, 0.717) is 25.3 Å². The number of carbonyl (C=O) groups excluding carboxylic acids is 2. The quantitative estimate of drug-likeness (QED) is 0.830. The summed E-state index contributed by atoms with van der Waals surface area (Å²) in [5, 5.41) is 5.33. The Morgan fingerprint density at radius 1 is 1.56 bits per heavy atom. The lowest BCUT2D eigenvalue weighted by Crippen LogP contribution is -2.48. The molecule has 1 aromatic heterocycles. The van der Waals surface area contributed by atoms with Crippen molar-refractivity contribution in [3.05, 3.63) is 24.2 Å². The number of hydrogen-bond acceptors (Lipinski definition) is 3. The summed E-state index contributed by atoms with van der Waals surface area (Å²) in [7, 11) is 1.57. The third-order valence-corrected chi connectivity index (χ3v) is 3.05. The molecule has 0 aliphatic carbocycles. The minimum atomic E-state index is -0.375. The van der Waals surface area contributed by atoms with E-state index in [2.05, 4.69) is 10.6 Å². The van der Waals surface area contributed by atoms with Gasteiger partial charge in [0.25, 0.3) is 0 Å². The van der Waals surface area contributed by atoms with Crippen molar-refractivity contribution in [1.29, 1.82) is 0 Å². The van der Waals surface area contributed by atoms with Crippen LogP contribution in [0.5, 0.6) is 0 Å². The van der Waals surface area contributed by atoms with Gasteiger partial charge in [-0.1, -0.05) is 0 Å². The minimum absolute atomic E-state index is 0.132. The molecule has 1 unspecified atom stereocenters. The van der Waals surface area contributed by atoms with Gasteiger partial charge in [0.15, 0.2) is 0 Å². The molecule has 1 aliphatic rings. The first-order valence-electron chi connectivity index (χ1n) is 6.01. The highest BCUT2D eigenvalue weighted by molar-refractivity contribution is 5.87. The number of hydrogen-bond donors (Lipinski definition) is 2. The second-order valence-electron chi connectivity index (χ2n) is 4.20. The van der Waals surface area contributed by atoms with E-state index in [1.54, 1.807) is 30.3 Å². The Kier molecular flexibility index (Phi) is 3.86. The fourth-order valence-corrected chi connectivity index (χ4v) is 2.13. The summed E-state index contributed by atoms with van der Waals surface area (Å²) in [4.78, 5) is 25.1. The molecule has 6 nitrogen and oxygen atoms in total. The number of urea groups is 1. The maximum absolute atomic E-state index is 12.0. The zero-order chi connectivity index (χ0) is 13.0. The van der Waals surface area contributed by atoms with Gasteiger partial charge >= 0.3 is 6.03 Å². The van der Waals surface area contributed by atoms with Crippen LogP contribution in [0.25, 0.3) is 0 Å². The molecule has 1 atom stereocenters. The topological polar surface area (TPSA) is 74.6 Å². The standard InChI is InChI=1S/C12H17N3O3/c1-13-12(17)15-6-2-5-10(15)11(16)14-8-9-4-3-7-18-9/h3-4,7,10H,2,5-6,8H2,1H3,(H,13,17)(H,14,16). The molecule has 98 valence electrons. The number of amides is 3. The van der Waals surface area contributed by atoms with Gasteiger partial charge in [-0.05, 0) is 25.0 Å². The van der Waals surface area contributed by atoms with E-state index in [0.717, 1.165) is 6.42 Å². The van der Waals surface area contributed by atoms with Crippen molar-refractivity contribution >= 4 is 11.9 Å². The first-order valence-corrected chi connectivity index (χ1v) is 6.01. The van der Waals surface area contributed by atoms with Crippen molar-refractivity contribution in [2.45, 2.75) is 25.4 Å². The molecular weight excluding hydrogens is 234 g/mol. The van der Waals surface area contributed by atoms with Gasteiger partial charge in [0.2, 0.25) is 5.91 Å². The first kappa shape index (κ1) is 12.5. The fourth-order valence-electron chi connectivity index (χ4n) is 2.13. The van der Waals surface area contributed by atoms with Gasteiger partial charge in [0, 0.05) is 13.6 Å². The Bertz CT molecular complexity index is 416. The molecule has 1 fully saturated rings. The monoisotopic (exact) mass is 251 g/mol. The molecule has 0 saturated carbocycles. The summed E-state index contributed by atoms with van der Waals surface area (Å²) >= 11 is 0. The number of carbonyl (C=O) groups is 2. The Hall–Kier alpha value is -1.98. The number of rotatable bonds is 3. The lowest BCUT2D eigenvalue weighted by molar-refractivity contribution is -0.124. The third-order valence-electron chi connectivity index (χ3n) is 3.05. The maximum atomic E-state index is 12.0. The van der Waals surface area contributed by atoms with Crippen LogP contribution in [0.1, 0.15) is 18.6 Å². The number of likely N-dealkylation sites (tertiary alicyclic amines) is 1. The average molecular weight is 251 g/mol. The van der Waals surface area contributed by atoms with Crippen LogP contribution in [-0.4, -0.2) is 36.5 Å². The van der Waals surface area contributed by atoms with Crippen molar-refractivity contribution in [3.63, 3.8) is 0 Å². The average Bonchev–Trinajstić information content (AvgIpc) is 3.05. The van der Waals surface area contributed by atoms with Crippen molar-refractivity contribution < 1.29 is 14.0 Å². The van der Waals surface area contributed by atoms with Gasteiger partial charge in [0.05, 0.1) is 12.8 Å². The van der Waals surface area contributed by atoms with Crippen molar-refractivity contribution in [2.24, 2.45) is 0 Å². The van der Waals surface area contributed by atoms with Crippen LogP contribution in [0.3, 0.4) is 0 Å². The summed E-state index contributed by atoms with van der Waals surface area (Å²) < 4.78 is 5.13. The Morgan fingerprint density at radius 3 is 3.06 bits per heavy atom. The van der Waals surface area contributed by atoms with Crippen molar-refractivity contribution in [3.8, 4) is 0 Å². The van der Waals surface area contributed by atoms with Crippen LogP contribution in [0, 0.1) is 0 Å². The zero-order valence-corrected chi connectivity index (χ0v) is 10.3. The van der Waals surface area contributed by atoms with E-state index in [1.807, 2.05) is 0 Å². The van der Waals surface area contributed by atoms with E-state index in [-0.39, 0.29) is 18.0 Å². The third kappa shape index (κ3) is 2.64. The van der Waals surface area contributed by atoms with Gasteiger partial charge < -0.3 is 20.0 Å². The van der Waals surface area contributed by atoms with Crippen LogP contribution in [0.2, 0.25) is 0 Å². The lowest BCUT2D eigenvalue weighted by atomic mass is 10.2. The highest BCUT2D eigenvalue weighted by Gasteiger charge is 2.33. The molecule has 1 saturated heterocycles. The van der Waals surface area contributed by atoms with E-state index in [4.69, 9.17) is 4.42 Å². The molecule has 3 amide bonds. The molecule has 0 bridgehead atoms. The van der Waals surface area contributed by atoms with E-state index in [1.165, 1.54) is 0 Å². The summed E-state index contributed by atoms with van der Waals surface area (Å²) in [6.45, 7) is 0.975. The molecule has 6 heteroatoms. The predicted molar refractivity (Wildman–Crippen MR) is 64.7 cm³/mol. The van der Waals surface area contributed by atoms with Crippen molar-refractivity contribution in [1.82, 2.24) is 15.5 Å². The summed E-state index contributed by atoms with van der Waals surface area (Å²) in [5.41, 5.74) is 0. The minimum Gasteiger partial charge on any atom is -0.467 e. The normalized spacial score (nSPS) is 18.7. The van der Waals surface area contributed by atoms with Crippen LogP contribution in [0.15, 0.2) is 22.8 Å². The second-order valence-corrected chi connectivity index (χ2v) is 4.20. The largest absolute Gasteiger partial charge is 0.467 e. The van der Waals surface area contributed by atoms with E-state index < -0.39 is 0 Å². The number of furan rings is 1. The molecule has 0 aromatic carbocycles. The number of nitrogens with one attached hydrogen (secondary N) is 2. The van der Waals surface area contributed by atoms with Gasteiger partial charge in [-0.15, -0.1) is 0 Å². The highest BCUT2D eigenvalue weighted by atomic mass is 16.3. The molecule has 0 radical (unpaired) electrons. The molecular formula is C12H17N3O3. The molecule has 1 aromatic rings. The highest BCUT2D eigenvalue weighted by Crippen LogP contribution is 2.17. The molecule has 1 aliphatic heterocycles. The summed E-state index contributed by atoms with van der Waals surface area (Å²) in [6, 6.07) is 2.99. The van der Waals surface area contributed by atoms with Gasteiger partial charge in [0.1, 0.15) is 11.8 Å². The predicted octanol–water partition coefficient (Wildman–Crippen LogP) is 0.700. The second kappa shape index (κ2) is 5.57. The fraction of sp³-hybridized carbons (Fsp3) is 0.500. The lowest BCUT2D eigenvalue weighted by Gasteiger charge is -2.23. The maximum Gasteiger partial charge on any atom is 0.317 e. The summed E-state index contributed by atoms with van der Waals surface area (Å²) in [5.74, 6) is 0.570. The van der Waals surface area contributed by atoms with Crippen molar-refractivity contribution in [2.75, 3.05) is 13.6 Å². The zero-order valence-electron chi connectivity index (χ0n) is 10.3. The van der Waals surface area contributed by atoms with Crippen LogP contribution < -0.4 is 10.6 Å². The van der Waals surface area contributed by atoms with Gasteiger partial charge in [-0.25, -0.2) is 4.79 Å². The Labute approximate surface area is 105 Å². The molecule has 0 spiro atoms. The van der Waals surface area contributed by atoms with Gasteiger partial charge in [-0.3, -0.25) is 4.79 Å². The Morgan fingerprint density at radius 2 is 2.39 bits per heavy atom.